The molecule has 2 heterocycles. The van der Waals surface area contributed by atoms with Crippen LogP contribution in [0.3, 0.4) is 0 Å². The normalized spacial score (nSPS) is 12.0. The van der Waals surface area contributed by atoms with E-state index in [1.54, 1.807) is 0 Å². The topological polar surface area (TPSA) is 67.6 Å². The molecule has 0 bridgehead atoms. The van der Waals surface area contributed by atoms with Gasteiger partial charge in [0.1, 0.15) is 5.82 Å². The van der Waals surface area contributed by atoms with E-state index in [1.165, 1.54) is 0 Å². The van der Waals surface area contributed by atoms with Crippen LogP contribution in [0.15, 0.2) is 10.6 Å². The third-order valence-corrected chi connectivity index (χ3v) is 2.10. The van der Waals surface area contributed by atoms with E-state index in [9.17, 15) is 0 Å². The van der Waals surface area contributed by atoms with Gasteiger partial charge in [-0.25, -0.2) is 4.98 Å². The van der Waals surface area contributed by atoms with Crippen molar-refractivity contribution in [1.29, 1.82) is 0 Å². The van der Waals surface area contributed by atoms with Crippen LogP contribution in [-0.2, 0) is 5.41 Å². The Balaban J connectivity index is 2.36. The van der Waals surface area contributed by atoms with Crippen molar-refractivity contribution in [3.05, 3.63) is 17.6 Å². The monoisotopic (exact) mass is 206 g/mol. The molecule has 0 aromatic carbocycles. The first-order chi connectivity index (χ1) is 6.97. The van der Waals surface area contributed by atoms with Crippen LogP contribution in [0.4, 0.5) is 0 Å². The summed E-state index contributed by atoms with van der Waals surface area (Å²) in [6.07, 6.45) is 0. The maximum atomic E-state index is 5.20. The lowest BCUT2D eigenvalue weighted by Crippen LogP contribution is -2.10. The number of hydrogen-bond acceptors (Lipinski definition) is 4. The highest BCUT2D eigenvalue weighted by molar-refractivity contribution is 5.46. The molecule has 5 heteroatoms. The van der Waals surface area contributed by atoms with Gasteiger partial charge in [0.25, 0.3) is 0 Å². The molecule has 0 spiro atoms. The average Bonchev–Trinajstić information content (AvgIpc) is 2.69. The fraction of sp³-hybridized carbons (Fsp3) is 0.500. The fourth-order valence-electron chi connectivity index (χ4n) is 1.19. The number of rotatable bonds is 1. The fourth-order valence-corrected chi connectivity index (χ4v) is 1.19. The zero-order valence-corrected chi connectivity index (χ0v) is 9.33. The lowest BCUT2D eigenvalue weighted by molar-refractivity contribution is 0.400. The van der Waals surface area contributed by atoms with Crippen LogP contribution < -0.4 is 0 Å². The van der Waals surface area contributed by atoms with E-state index in [4.69, 9.17) is 4.52 Å². The molecule has 0 aliphatic rings. The Morgan fingerprint density at radius 3 is 2.53 bits per heavy atom. The van der Waals surface area contributed by atoms with Gasteiger partial charge in [0.2, 0.25) is 11.6 Å². The molecule has 0 unspecified atom stereocenters. The molecule has 1 N–H and O–H groups in total. The largest absolute Gasteiger partial charge is 0.353 e. The summed E-state index contributed by atoms with van der Waals surface area (Å²) in [5.74, 6) is 1.92. The Hall–Kier alpha value is -1.65. The van der Waals surface area contributed by atoms with Crippen LogP contribution in [0.25, 0.3) is 11.6 Å². The molecule has 0 atom stereocenters. The van der Waals surface area contributed by atoms with Crippen molar-refractivity contribution < 1.29 is 4.52 Å². The molecule has 80 valence electrons. The van der Waals surface area contributed by atoms with Gasteiger partial charge >= 0.3 is 0 Å². The van der Waals surface area contributed by atoms with Gasteiger partial charge in [0, 0.05) is 11.5 Å². The molecular formula is C10H14N4O. The minimum atomic E-state index is -0.0207. The van der Waals surface area contributed by atoms with Crippen LogP contribution in [0.2, 0.25) is 0 Å². The van der Waals surface area contributed by atoms with E-state index in [2.05, 4.69) is 41.1 Å². The Bertz CT molecular complexity index is 464. The van der Waals surface area contributed by atoms with Crippen molar-refractivity contribution in [3.8, 4) is 11.6 Å². The summed E-state index contributed by atoms with van der Waals surface area (Å²) < 4.78 is 5.20. The summed E-state index contributed by atoms with van der Waals surface area (Å²) in [7, 11) is 0. The second-order valence-electron chi connectivity index (χ2n) is 4.57. The molecular weight excluding hydrogens is 192 g/mol. The van der Waals surface area contributed by atoms with E-state index in [1.807, 2.05) is 13.0 Å². The molecule has 15 heavy (non-hydrogen) atoms. The van der Waals surface area contributed by atoms with Gasteiger partial charge in [0.15, 0.2) is 0 Å². The van der Waals surface area contributed by atoms with E-state index < -0.39 is 0 Å². The Morgan fingerprint density at radius 2 is 2.07 bits per heavy atom. The first-order valence-electron chi connectivity index (χ1n) is 4.83. The van der Waals surface area contributed by atoms with Crippen molar-refractivity contribution in [2.45, 2.75) is 33.1 Å². The predicted molar refractivity (Wildman–Crippen MR) is 55.3 cm³/mol. The minimum absolute atomic E-state index is 0.0207. The van der Waals surface area contributed by atoms with Gasteiger partial charge < -0.3 is 4.52 Å². The van der Waals surface area contributed by atoms with Gasteiger partial charge in [-0.3, -0.25) is 5.10 Å². The number of aryl methyl sites for hydroxylation is 1. The first-order valence-corrected chi connectivity index (χ1v) is 4.83. The quantitative estimate of drug-likeness (QED) is 0.775. The Kier molecular flexibility index (Phi) is 2.10. The van der Waals surface area contributed by atoms with Gasteiger partial charge in [-0.2, -0.15) is 0 Å². The average molecular weight is 206 g/mol. The molecule has 2 aromatic rings. The predicted octanol–water partition coefficient (Wildman–Crippen LogP) is 2.07. The summed E-state index contributed by atoms with van der Waals surface area (Å²) in [6, 6.07) is 1.88. The molecule has 0 fully saturated rings. The number of aromatic nitrogens is 4. The zero-order valence-electron chi connectivity index (χ0n) is 9.33. The Morgan fingerprint density at radius 1 is 1.33 bits per heavy atom. The van der Waals surface area contributed by atoms with E-state index >= 15 is 0 Å². The zero-order chi connectivity index (χ0) is 11.1. The number of aromatic amines is 1. The third-order valence-electron chi connectivity index (χ3n) is 2.10. The summed E-state index contributed by atoms with van der Waals surface area (Å²) in [5, 5.41) is 10.8. The highest BCUT2D eigenvalue weighted by Gasteiger charge is 2.20. The van der Waals surface area contributed by atoms with Gasteiger partial charge in [0.05, 0.1) is 5.69 Å². The van der Waals surface area contributed by atoms with Crippen molar-refractivity contribution in [3.63, 3.8) is 0 Å². The molecule has 0 radical (unpaired) electrons. The van der Waals surface area contributed by atoms with Crippen molar-refractivity contribution in [2.24, 2.45) is 0 Å². The standard InChI is InChI=1S/C10H14N4O/c1-6-11-9(13-12-6)7-5-8(14-15-7)10(2,3)4/h5H,1-4H3,(H,11,12,13). The van der Waals surface area contributed by atoms with E-state index in [-0.39, 0.29) is 5.41 Å². The van der Waals surface area contributed by atoms with E-state index in [0.29, 0.717) is 11.6 Å². The lowest BCUT2D eigenvalue weighted by Gasteiger charge is -2.12. The highest BCUT2D eigenvalue weighted by Crippen LogP contribution is 2.25. The molecule has 5 nitrogen and oxygen atoms in total. The summed E-state index contributed by atoms with van der Waals surface area (Å²) in [6.45, 7) is 8.09. The lowest BCUT2D eigenvalue weighted by atomic mass is 9.92. The van der Waals surface area contributed by atoms with Crippen molar-refractivity contribution in [2.75, 3.05) is 0 Å². The SMILES string of the molecule is Cc1nc(-c2cc(C(C)(C)C)no2)n[nH]1. The van der Waals surface area contributed by atoms with Crippen LogP contribution in [0.1, 0.15) is 32.3 Å². The number of hydrogen-bond donors (Lipinski definition) is 1. The molecule has 0 saturated heterocycles. The minimum Gasteiger partial charge on any atom is -0.353 e. The molecule has 2 rings (SSSR count). The highest BCUT2D eigenvalue weighted by atomic mass is 16.5. The second-order valence-corrected chi connectivity index (χ2v) is 4.57. The summed E-state index contributed by atoms with van der Waals surface area (Å²) in [4.78, 5) is 4.18. The molecule has 2 aromatic heterocycles. The molecule has 0 amide bonds. The molecule has 0 saturated carbocycles. The third kappa shape index (κ3) is 1.91. The maximum Gasteiger partial charge on any atom is 0.219 e. The number of H-pyrrole nitrogens is 1. The first kappa shape index (κ1) is 9.89. The van der Waals surface area contributed by atoms with Crippen LogP contribution in [0.5, 0.6) is 0 Å². The number of nitrogens with zero attached hydrogens (tertiary/aromatic N) is 3. The maximum absolute atomic E-state index is 5.20. The van der Waals surface area contributed by atoms with Gasteiger partial charge in [-0.1, -0.05) is 25.9 Å². The van der Waals surface area contributed by atoms with E-state index in [0.717, 1.165) is 11.5 Å². The smallest absolute Gasteiger partial charge is 0.219 e. The van der Waals surface area contributed by atoms with Crippen molar-refractivity contribution in [1.82, 2.24) is 20.3 Å². The van der Waals surface area contributed by atoms with Crippen LogP contribution in [0, 0.1) is 6.92 Å². The van der Waals surface area contributed by atoms with Crippen LogP contribution >= 0.6 is 0 Å². The summed E-state index contributed by atoms with van der Waals surface area (Å²) in [5.41, 5.74) is 0.882. The summed E-state index contributed by atoms with van der Waals surface area (Å²) >= 11 is 0. The Labute approximate surface area is 87.9 Å². The van der Waals surface area contributed by atoms with Crippen LogP contribution in [-0.4, -0.2) is 20.3 Å². The molecule has 0 aliphatic carbocycles. The number of nitrogens with one attached hydrogen (secondary N) is 1. The second kappa shape index (κ2) is 3.18. The van der Waals surface area contributed by atoms with Gasteiger partial charge in [-0.05, 0) is 6.92 Å². The molecule has 0 aliphatic heterocycles. The van der Waals surface area contributed by atoms with Crippen molar-refractivity contribution >= 4 is 0 Å². The van der Waals surface area contributed by atoms with Gasteiger partial charge in [-0.15, -0.1) is 5.10 Å².